The third-order valence-electron chi connectivity index (χ3n) is 6.48. The SMILES string of the molecule is CCCNC(=O)C(CC)N(Cc1ccccc1Cl)C(=O)CN(c1ccccc1OC)S(=O)(=O)c1ccc(C)cc1. The summed E-state index contributed by atoms with van der Waals surface area (Å²) in [4.78, 5) is 28.7. The number of carbonyl (C=O) groups excluding carboxylic acids is 2. The van der Waals surface area contributed by atoms with Crippen LogP contribution < -0.4 is 14.4 Å². The van der Waals surface area contributed by atoms with Crippen LogP contribution in [-0.2, 0) is 26.2 Å². The molecular weight excluding hydrogens is 550 g/mol. The number of benzene rings is 3. The van der Waals surface area contributed by atoms with Crippen LogP contribution in [0, 0.1) is 6.92 Å². The van der Waals surface area contributed by atoms with Gasteiger partial charge < -0.3 is 15.0 Å². The van der Waals surface area contributed by atoms with Crippen molar-refractivity contribution >= 4 is 39.1 Å². The van der Waals surface area contributed by atoms with Crippen LogP contribution in [0.25, 0.3) is 0 Å². The number of aryl methyl sites for hydroxylation is 1. The van der Waals surface area contributed by atoms with Crippen LogP contribution in [0.2, 0.25) is 5.02 Å². The number of carbonyl (C=O) groups is 2. The molecule has 10 heteroatoms. The normalized spacial score (nSPS) is 11.9. The second-order valence-electron chi connectivity index (χ2n) is 9.32. The van der Waals surface area contributed by atoms with Crippen LogP contribution in [0.3, 0.4) is 0 Å². The van der Waals surface area contributed by atoms with Crippen molar-refractivity contribution in [3.63, 3.8) is 0 Å². The zero-order valence-electron chi connectivity index (χ0n) is 23.3. The Labute approximate surface area is 241 Å². The number of ether oxygens (including phenoxy) is 1. The van der Waals surface area contributed by atoms with Gasteiger partial charge in [-0.15, -0.1) is 0 Å². The summed E-state index contributed by atoms with van der Waals surface area (Å²) in [6.45, 7) is 5.54. The summed E-state index contributed by atoms with van der Waals surface area (Å²) in [7, 11) is -2.76. The highest BCUT2D eigenvalue weighted by molar-refractivity contribution is 7.92. The first-order valence-corrected chi connectivity index (χ1v) is 15.0. The predicted octanol–water partition coefficient (Wildman–Crippen LogP) is 5.19. The Balaban J connectivity index is 2.10. The lowest BCUT2D eigenvalue weighted by Gasteiger charge is -2.33. The Morgan fingerprint density at radius 3 is 2.25 bits per heavy atom. The van der Waals surface area contributed by atoms with Crippen molar-refractivity contribution in [1.82, 2.24) is 10.2 Å². The van der Waals surface area contributed by atoms with Crippen LogP contribution in [0.1, 0.15) is 37.8 Å². The molecule has 0 fully saturated rings. The average Bonchev–Trinajstić information content (AvgIpc) is 2.95. The number of amides is 2. The van der Waals surface area contributed by atoms with Crippen LogP contribution in [0.15, 0.2) is 77.7 Å². The molecule has 40 heavy (non-hydrogen) atoms. The van der Waals surface area contributed by atoms with Crippen molar-refractivity contribution in [2.45, 2.75) is 51.1 Å². The lowest BCUT2D eigenvalue weighted by Crippen LogP contribution is -2.52. The molecule has 0 aliphatic carbocycles. The van der Waals surface area contributed by atoms with Gasteiger partial charge in [-0.25, -0.2) is 8.42 Å². The van der Waals surface area contributed by atoms with Gasteiger partial charge in [0.25, 0.3) is 10.0 Å². The van der Waals surface area contributed by atoms with E-state index in [9.17, 15) is 18.0 Å². The van der Waals surface area contributed by atoms with Crippen molar-refractivity contribution < 1.29 is 22.7 Å². The highest BCUT2D eigenvalue weighted by Gasteiger charge is 2.34. The van der Waals surface area contributed by atoms with E-state index in [0.29, 0.717) is 23.6 Å². The van der Waals surface area contributed by atoms with E-state index in [1.54, 1.807) is 60.7 Å². The molecule has 0 radical (unpaired) electrons. The van der Waals surface area contributed by atoms with Gasteiger partial charge in [-0.2, -0.15) is 0 Å². The first-order chi connectivity index (χ1) is 19.1. The summed E-state index contributed by atoms with van der Waals surface area (Å²) in [5.41, 5.74) is 1.75. The van der Waals surface area contributed by atoms with Crippen LogP contribution in [0.5, 0.6) is 5.75 Å². The number of halogens is 1. The molecular formula is C30H36ClN3O5S. The molecule has 0 saturated carbocycles. The maximum absolute atomic E-state index is 14.1. The molecule has 1 N–H and O–H groups in total. The average molecular weight is 586 g/mol. The van der Waals surface area contributed by atoms with Crippen LogP contribution in [0.4, 0.5) is 5.69 Å². The van der Waals surface area contributed by atoms with E-state index in [1.807, 2.05) is 20.8 Å². The molecule has 3 aromatic carbocycles. The summed E-state index contributed by atoms with van der Waals surface area (Å²) in [5.74, 6) is -0.577. The van der Waals surface area contributed by atoms with Crippen molar-refractivity contribution in [3.8, 4) is 5.75 Å². The lowest BCUT2D eigenvalue weighted by atomic mass is 10.1. The van der Waals surface area contributed by atoms with Crippen LogP contribution >= 0.6 is 11.6 Å². The number of anilines is 1. The molecule has 1 atom stereocenters. The number of hydrogen-bond donors (Lipinski definition) is 1. The minimum Gasteiger partial charge on any atom is -0.495 e. The van der Waals surface area contributed by atoms with Crippen molar-refractivity contribution in [2.75, 3.05) is 24.5 Å². The van der Waals surface area contributed by atoms with Gasteiger partial charge in [-0.1, -0.05) is 73.5 Å². The number of para-hydroxylation sites is 2. The first kappa shape index (κ1) is 31.0. The van der Waals surface area contributed by atoms with E-state index in [1.165, 1.54) is 24.1 Å². The van der Waals surface area contributed by atoms with E-state index < -0.39 is 28.5 Å². The molecule has 0 saturated heterocycles. The number of hydrogen-bond acceptors (Lipinski definition) is 5. The summed E-state index contributed by atoms with van der Waals surface area (Å²) in [6, 6.07) is 19.2. The number of methoxy groups -OCH3 is 1. The van der Waals surface area contributed by atoms with Gasteiger partial charge in [0, 0.05) is 18.1 Å². The third-order valence-corrected chi connectivity index (χ3v) is 8.62. The molecule has 0 spiro atoms. The fourth-order valence-corrected chi connectivity index (χ4v) is 5.90. The van der Waals surface area contributed by atoms with Gasteiger partial charge in [0.05, 0.1) is 17.7 Å². The van der Waals surface area contributed by atoms with Crippen molar-refractivity contribution in [1.29, 1.82) is 0 Å². The molecule has 214 valence electrons. The van der Waals surface area contributed by atoms with E-state index >= 15 is 0 Å². The minimum atomic E-state index is -4.20. The highest BCUT2D eigenvalue weighted by atomic mass is 35.5. The maximum atomic E-state index is 14.1. The zero-order valence-corrected chi connectivity index (χ0v) is 24.8. The van der Waals surface area contributed by atoms with Gasteiger partial charge in [0.1, 0.15) is 18.3 Å². The number of rotatable bonds is 13. The third kappa shape index (κ3) is 7.34. The lowest BCUT2D eigenvalue weighted by molar-refractivity contribution is -0.140. The highest BCUT2D eigenvalue weighted by Crippen LogP contribution is 2.33. The number of nitrogens with zero attached hydrogens (tertiary/aromatic N) is 2. The molecule has 8 nitrogen and oxygen atoms in total. The summed E-state index contributed by atoms with van der Waals surface area (Å²) in [6.07, 6.45) is 1.06. The van der Waals surface area contributed by atoms with Gasteiger partial charge in [0.2, 0.25) is 11.8 Å². The standard InChI is InChI=1S/C30H36ClN3O5S/c1-5-19-32-30(36)26(6-2)33(20-23-11-7-8-12-25(23)31)29(35)21-34(27-13-9-10-14-28(27)39-4)40(37,38)24-17-15-22(3)16-18-24/h7-18,26H,5-6,19-21H2,1-4H3,(H,32,36). The second kappa shape index (κ2) is 14.2. The molecule has 0 heterocycles. The quantitative estimate of drug-likeness (QED) is 0.298. The molecule has 0 aliphatic heterocycles. The predicted molar refractivity (Wildman–Crippen MR) is 158 cm³/mol. The van der Waals surface area contributed by atoms with Crippen LogP contribution in [-0.4, -0.2) is 51.4 Å². The number of sulfonamides is 1. The topological polar surface area (TPSA) is 96.0 Å². The molecule has 0 bridgehead atoms. The molecule has 0 aliphatic rings. The Hall–Kier alpha value is -3.56. The largest absolute Gasteiger partial charge is 0.495 e. The van der Waals surface area contributed by atoms with Gasteiger partial charge in [0.15, 0.2) is 0 Å². The van der Waals surface area contributed by atoms with E-state index in [0.717, 1.165) is 16.3 Å². The molecule has 0 aromatic heterocycles. The fourth-order valence-electron chi connectivity index (χ4n) is 4.28. The van der Waals surface area contributed by atoms with Gasteiger partial charge in [-0.05, 0) is 55.7 Å². The first-order valence-electron chi connectivity index (χ1n) is 13.2. The maximum Gasteiger partial charge on any atom is 0.264 e. The molecule has 3 rings (SSSR count). The Bertz CT molecular complexity index is 1410. The van der Waals surface area contributed by atoms with Crippen molar-refractivity contribution in [2.24, 2.45) is 0 Å². The molecule has 2 amide bonds. The molecule has 3 aromatic rings. The summed E-state index contributed by atoms with van der Waals surface area (Å²) in [5, 5.41) is 3.31. The second-order valence-corrected chi connectivity index (χ2v) is 11.6. The summed E-state index contributed by atoms with van der Waals surface area (Å²) >= 11 is 6.43. The Kier molecular flexibility index (Phi) is 11.0. The monoisotopic (exact) mass is 585 g/mol. The molecule has 1 unspecified atom stereocenters. The Morgan fingerprint density at radius 1 is 0.975 bits per heavy atom. The smallest absolute Gasteiger partial charge is 0.264 e. The van der Waals surface area contributed by atoms with Crippen molar-refractivity contribution in [3.05, 3.63) is 88.9 Å². The van der Waals surface area contributed by atoms with E-state index in [2.05, 4.69) is 5.32 Å². The fraction of sp³-hybridized carbons (Fsp3) is 0.333. The van der Waals surface area contributed by atoms with E-state index in [4.69, 9.17) is 16.3 Å². The zero-order chi connectivity index (χ0) is 29.3. The minimum absolute atomic E-state index is 0.0287. The van der Waals surface area contributed by atoms with E-state index in [-0.39, 0.29) is 28.8 Å². The Morgan fingerprint density at radius 2 is 1.62 bits per heavy atom. The van der Waals surface area contributed by atoms with Gasteiger partial charge in [-0.3, -0.25) is 13.9 Å². The number of nitrogens with one attached hydrogen (secondary N) is 1. The van der Waals surface area contributed by atoms with Gasteiger partial charge >= 0.3 is 0 Å². The summed E-state index contributed by atoms with van der Waals surface area (Å²) < 4.78 is 34.5.